The Hall–Kier alpha value is -2.64. The van der Waals surface area contributed by atoms with E-state index < -0.39 is 0 Å². The number of benzene rings is 3. The second-order valence-corrected chi connectivity index (χ2v) is 5.63. The van der Waals surface area contributed by atoms with E-state index in [0.717, 1.165) is 16.7 Å². The number of carbonyl (C=O) groups excluding carboxylic acids is 1. The van der Waals surface area contributed by atoms with Crippen molar-refractivity contribution in [2.45, 2.75) is 0 Å². The van der Waals surface area contributed by atoms with Crippen molar-refractivity contribution in [2.24, 2.45) is 0 Å². The Labute approximate surface area is 140 Å². The molecular formula is C21H15ClO. The fourth-order valence-electron chi connectivity index (χ4n) is 2.30. The molecule has 0 radical (unpaired) electrons. The highest BCUT2D eigenvalue weighted by atomic mass is 35.5. The molecule has 3 aromatic rings. The molecule has 0 aliphatic rings. The molecule has 3 aromatic carbocycles. The van der Waals surface area contributed by atoms with Crippen LogP contribution in [0.2, 0.25) is 5.02 Å². The summed E-state index contributed by atoms with van der Waals surface area (Å²) in [5, 5.41) is 0.685. The molecule has 0 amide bonds. The lowest BCUT2D eigenvalue weighted by atomic mass is 10.0. The van der Waals surface area contributed by atoms with Gasteiger partial charge in [0, 0.05) is 10.6 Å². The third-order valence-electron chi connectivity index (χ3n) is 3.57. The Morgan fingerprint density at radius 2 is 1.35 bits per heavy atom. The molecule has 0 unspecified atom stereocenters. The zero-order valence-electron chi connectivity index (χ0n) is 12.4. The molecule has 0 aliphatic carbocycles. The number of rotatable bonds is 4. The highest BCUT2D eigenvalue weighted by Gasteiger charge is 2.03. The van der Waals surface area contributed by atoms with Crippen molar-refractivity contribution in [3.63, 3.8) is 0 Å². The summed E-state index contributed by atoms with van der Waals surface area (Å²) in [6.07, 6.45) is 3.38. The molecule has 0 N–H and O–H groups in total. The second-order valence-electron chi connectivity index (χ2n) is 5.19. The van der Waals surface area contributed by atoms with Crippen LogP contribution in [0.1, 0.15) is 15.9 Å². The molecule has 112 valence electrons. The predicted molar refractivity (Wildman–Crippen MR) is 96.7 cm³/mol. The Morgan fingerprint density at radius 1 is 0.739 bits per heavy atom. The van der Waals surface area contributed by atoms with Gasteiger partial charge in [-0.25, -0.2) is 0 Å². The average Bonchev–Trinajstić information content (AvgIpc) is 2.62. The summed E-state index contributed by atoms with van der Waals surface area (Å²) in [6, 6.07) is 25.1. The Bertz CT molecular complexity index is 816. The van der Waals surface area contributed by atoms with Gasteiger partial charge in [0.1, 0.15) is 0 Å². The van der Waals surface area contributed by atoms with E-state index >= 15 is 0 Å². The number of halogens is 1. The van der Waals surface area contributed by atoms with E-state index in [1.807, 2.05) is 54.6 Å². The van der Waals surface area contributed by atoms with E-state index in [4.69, 9.17) is 11.6 Å². The van der Waals surface area contributed by atoms with Crippen molar-refractivity contribution in [2.75, 3.05) is 0 Å². The molecule has 0 spiro atoms. The quantitative estimate of drug-likeness (QED) is 0.432. The Balaban J connectivity index is 1.74. The topological polar surface area (TPSA) is 17.1 Å². The van der Waals surface area contributed by atoms with Gasteiger partial charge in [-0.3, -0.25) is 4.79 Å². The van der Waals surface area contributed by atoms with Gasteiger partial charge in [-0.05, 0) is 34.9 Å². The minimum atomic E-state index is -0.0143. The van der Waals surface area contributed by atoms with Crippen LogP contribution in [0.25, 0.3) is 17.2 Å². The van der Waals surface area contributed by atoms with Gasteiger partial charge in [0.2, 0.25) is 0 Å². The van der Waals surface area contributed by atoms with Gasteiger partial charge in [0.05, 0.1) is 0 Å². The summed E-state index contributed by atoms with van der Waals surface area (Å²) in [5.41, 5.74) is 3.87. The first-order valence-electron chi connectivity index (χ1n) is 7.36. The highest BCUT2D eigenvalue weighted by Crippen LogP contribution is 2.19. The van der Waals surface area contributed by atoms with Gasteiger partial charge in [-0.1, -0.05) is 84.4 Å². The van der Waals surface area contributed by atoms with Crippen LogP contribution < -0.4 is 0 Å². The summed E-state index contributed by atoms with van der Waals surface area (Å²) in [4.78, 5) is 12.2. The first-order valence-corrected chi connectivity index (χ1v) is 7.74. The van der Waals surface area contributed by atoms with Crippen molar-refractivity contribution in [1.29, 1.82) is 0 Å². The van der Waals surface area contributed by atoms with Crippen LogP contribution in [0.3, 0.4) is 0 Å². The molecule has 0 bridgehead atoms. The summed E-state index contributed by atoms with van der Waals surface area (Å²) in [7, 11) is 0. The molecule has 0 atom stereocenters. The maximum absolute atomic E-state index is 12.2. The van der Waals surface area contributed by atoms with Crippen LogP contribution in [-0.4, -0.2) is 5.78 Å². The third kappa shape index (κ3) is 3.97. The molecule has 23 heavy (non-hydrogen) atoms. The van der Waals surface area contributed by atoms with Gasteiger partial charge >= 0.3 is 0 Å². The van der Waals surface area contributed by atoms with E-state index in [1.54, 1.807) is 24.3 Å². The minimum Gasteiger partial charge on any atom is -0.289 e. The Morgan fingerprint density at radius 3 is 2.00 bits per heavy atom. The maximum atomic E-state index is 12.2. The van der Waals surface area contributed by atoms with E-state index in [1.165, 1.54) is 0 Å². The van der Waals surface area contributed by atoms with Crippen LogP contribution in [0.5, 0.6) is 0 Å². The zero-order chi connectivity index (χ0) is 16.1. The van der Waals surface area contributed by atoms with Crippen molar-refractivity contribution < 1.29 is 4.79 Å². The van der Waals surface area contributed by atoms with E-state index in [0.29, 0.717) is 10.6 Å². The molecule has 0 saturated carbocycles. The lowest BCUT2D eigenvalue weighted by molar-refractivity contribution is 0.104. The Kier molecular flexibility index (Phi) is 4.70. The molecular weight excluding hydrogens is 304 g/mol. The highest BCUT2D eigenvalue weighted by molar-refractivity contribution is 6.30. The lowest BCUT2D eigenvalue weighted by Gasteiger charge is -2.02. The van der Waals surface area contributed by atoms with Crippen LogP contribution >= 0.6 is 11.6 Å². The van der Waals surface area contributed by atoms with Crippen molar-refractivity contribution in [1.82, 2.24) is 0 Å². The van der Waals surface area contributed by atoms with Crippen LogP contribution in [0, 0.1) is 0 Å². The largest absolute Gasteiger partial charge is 0.289 e. The SMILES string of the molecule is O=C(/C=C/c1ccc(Cl)cc1)c1ccc(-c2ccccc2)cc1. The van der Waals surface area contributed by atoms with E-state index in [-0.39, 0.29) is 5.78 Å². The second kappa shape index (κ2) is 7.08. The van der Waals surface area contributed by atoms with Gasteiger partial charge in [-0.15, -0.1) is 0 Å². The van der Waals surface area contributed by atoms with Gasteiger partial charge in [0.25, 0.3) is 0 Å². The number of ketones is 1. The van der Waals surface area contributed by atoms with Gasteiger partial charge < -0.3 is 0 Å². The summed E-state index contributed by atoms with van der Waals surface area (Å²) < 4.78 is 0. The van der Waals surface area contributed by atoms with Crippen molar-refractivity contribution >= 4 is 23.5 Å². The smallest absolute Gasteiger partial charge is 0.185 e. The normalized spacial score (nSPS) is 10.8. The van der Waals surface area contributed by atoms with E-state index in [2.05, 4.69) is 12.1 Å². The molecule has 0 heterocycles. The molecule has 0 aromatic heterocycles. The predicted octanol–water partition coefficient (Wildman–Crippen LogP) is 5.90. The standard InChI is InChI=1S/C21H15ClO/c22-20-13-6-16(7-14-20)8-15-21(23)19-11-9-18(10-12-19)17-4-2-1-3-5-17/h1-15H/b15-8+. The number of allylic oxidation sites excluding steroid dienone is 1. The van der Waals surface area contributed by atoms with Crippen molar-refractivity contribution in [3.8, 4) is 11.1 Å². The van der Waals surface area contributed by atoms with Gasteiger partial charge in [0.15, 0.2) is 5.78 Å². The summed E-state index contributed by atoms with van der Waals surface area (Å²) >= 11 is 5.84. The number of carbonyl (C=O) groups is 1. The first kappa shape index (κ1) is 15.3. The molecule has 0 fully saturated rings. The molecule has 2 heteroatoms. The number of hydrogen-bond donors (Lipinski definition) is 0. The van der Waals surface area contributed by atoms with Crippen LogP contribution in [-0.2, 0) is 0 Å². The fourth-order valence-corrected chi connectivity index (χ4v) is 2.43. The number of hydrogen-bond acceptors (Lipinski definition) is 1. The monoisotopic (exact) mass is 318 g/mol. The molecule has 0 saturated heterocycles. The minimum absolute atomic E-state index is 0.0143. The van der Waals surface area contributed by atoms with Crippen LogP contribution in [0.15, 0.2) is 84.9 Å². The van der Waals surface area contributed by atoms with Gasteiger partial charge in [-0.2, -0.15) is 0 Å². The molecule has 1 nitrogen and oxygen atoms in total. The summed E-state index contributed by atoms with van der Waals surface area (Å²) in [5.74, 6) is -0.0143. The van der Waals surface area contributed by atoms with Crippen LogP contribution in [0.4, 0.5) is 0 Å². The third-order valence-corrected chi connectivity index (χ3v) is 3.83. The zero-order valence-corrected chi connectivity index (χ0v) is 13.2. The molecule has 3 rings (SSSR count). The van der Waals surface area contributed by atoms with E-state index in [9.17, 15) is 4.79 Å². The maximum Gasteiger partial charge on any atom is 0.185 e. The van der Waals surface area contributed by atoms with Crippen molar-refractivity contribution in [3.05, 3.63) is 101 Å². The average molecular weight is 319 g/mol. The first-order chi connectivity index (χ1) is 11.2. The fraction of sp³-hybridized carbons (Fsp3) is 0. The summed E-state index contributed by atoms with van der Waals surface area (Å²) in [6.45, 7) is 0. The lowest BCUT2D eigenvalue weighted by Crippen LogP contribution is -1.93. The molecule has 0 aliphatic heterocycles.